The first-order chi connectivity index (χ1) is 14.6. The number of anilines is 1. The van der Waals surface area contributed by atoms with Gasteiger partial charge in [-0.3, -0.25) is 9.59 Å². The van der Waals surface area contributed by atoms with Crippen LogP contribution >= 0.6 is 0 Å². The average Bonchev–Trinajstić information content (AvgIpc) is 3.27. The number of nitrogens with one attached hydrogen (secondary N) is 1. The topological polar surface area (TPSA) is 93.0 Å². The second-order valence-electron chi connectivity index (χ2n) is 7.63. The van der Waals surface area contributed by atoms with Crippen LogP contribution in [0.3, 0.4) is 0 Å². The van der Waals surface area contributed by atoms with E-state index in [4.69, 9.17) is 0 Å². The van der Waals surface area contributed by atoms with Crippen molar-refractivity contribution in [3.63, 3.8) is 0 Å². The highest BCUT2D eigenvalue weighted by atomic mass is 16.2. The quantitative estimate of drug-likeness (QED) is 0.705. The number of nitrogens with zero attached hydrogens (tertiary/aromatic N) is 5. The highest BCUT2D eigenvalue weighted by molar-refractivity contribution is 5.93. The lowest BCUT2D eigenvalue weighted by atomic mass is 9.96. The van der Waals surface area contributed by atoms with E-state index in [0.717, 1.165) is 29.7 Å². The third kappa shape index (κ3) is 4.71. The second kappa shape index (κ2) is 8.86. The maximum Gasteiger partial charge on any atom is 0.244 e. The summed E-state index contributed by atoms with van der Waals surface area (Å²) >= 11 is 0. The summed E-state index contributed by atoms with van der Waals surface area (Å²) in [6.45, 7) is 3.20. The molecule has 4 rings (SSSR count). The molecule has 1 saturated heterocycles. The molecule has 2 heterocycles. The second-order valence-corrected chi connectivity index (χ2v) is 7.63. The fraction of sp³-hybridized carbons (Fsp3) is 0.318. The first-order valence-electron chi connectivity index (χ1n) is 10.0. The van der Waals surface area contributed by atoms with E-state index in [1.165, 1.54) is 16.6 Å². The number of benzene rings is 2. The van der Waals surface area contributed by atoms with Crippen molar-refractivity contribution in [1.82, 2.24) is 25.1 Å². The molecule has 0 aliphatic carbocycles. The number of likely N-dealkylation sites (tertiary alicyclic amines) is 1. The molecule has 1 atom stereocenters. The largest absolute Gasteiger partial charge is 0.340 e. The van der Waals surface area contributed by atoms with Crippen LogP contribution in [0.5, 0.6) is 0 Å². The molecule has 8 nitrogen and oxygen atoms in total. The Kier molecular flexibility index (Phi) is 5.83. The zero-order valence-electron chi connectivity index (χ0n) is 16.9. The fourth-order valence-corrected chi connectivity index (χ4v) is 3.75. The van der Waals surface area contributed by atoms with Crippen LogP contribution in [0.25, 0.3) is 11.1 Å². The van der Waals surface area contributed by atoms with Crippen molar-refractivity contribution in [1.29, 1.82) is 0 Å². The summed E-state index contributed by atoms with van der Waals surface area (Å²) in [5, 5.41) is 13.8. The molecule has 1 N–H and O–H groups in total. The summed E-state index contributed by atoms with van der Waals surface area (Å²) in [7, 11) is 0. The lowest BCUT2D eigenvalue weighted by Gasteiger charge is -2.32. The Bertz CT molecular complexity index is 1030. The number of hydrogen-bond donors (Lipinski definition) is 1. The van der Waals surface area contributed by atoms with E-state index in [1.807, 2.05) is 30.3 Å². The first-order valence-corrected chi connectivity index (χ1v) is 10.0. The predicted molar refractivity (Wildman–Crippen MR) is 112 cm³/mol. The number of carbonyl (C=O) groups is 2. The van der Waals surface area contributed by atoms with E-state index in [1.54, 1.807) is 4.90 Å². The standard InChI is InChI=1S/C22H24N6O2/c1-16-5-2-6-17(11-16)18-7-3-9-20(12-18)24-22(30)19-8-4-10-27(13-19)21(29)14-28-15-23-25-26-28/h2-3,5-7,9,11-12,15,19H,4,8,10,13-14H2,1H3,(H,24,30)/t19-/m1/s1. The first kappa shape index (κ1) is 19.8. The van der Waals surface area contributed by atoms with E-state index < -0.39 is 0 Å². The van der Waals surface area contributed by atoms with Crippen LogP contribution in [0.4, 0.5) is 5.69 Å². The van der Waals surface area contributed by atoms with Crippen LogP contribution in [-0.2, 0) is 16.1 Å². The zero-order chi connectivity index (χ0) is 20.9. The summed E-state index contributed by atoms with van der Waals surface area (Å²) in [5.41, 5.74) is 4.12. The van der Waals surface area contributed by atoms with Gasteiger partial charge in [-0.25, -0.2) is 4.68 Å². The summed E-state index contributed by atoms with van der Waals surface area (Å²) in [5.74, 6) is -0.378. The SMILES string of the molecule is Cc1cccc(-c2cccc(NC(=O)[C@@H]3CCCN(C(=O)Cn4cnnn4)C3)c2)c1. The van der Waals surface area contributed by atoms with Gasteiger partial charge in [-0.05, 0) is 53.5 Å². The van der Waals surface area contributed by atoms with Crippen molar-refractivity contribution in [2.24, 2.45) is 5.92 Å². The average molecular weight is 404 g/mol. The molecular weight excluding hydrogens is 380 g/mol. The number of aromatic nitrogens is 4. The van der Waals surface area contributed by atoms with Gasteiger partial charge < -0.3 is 10.2 Å². The molecule has 3 aromatic rings. The molecule has 154 valence electrons. The Morgan fingerprint density at radius 2 is 1.93 bits per heavy atom. The maximum atomic E-state index is 12.9. The van der Waals surface area contributed by atoms with Crippen LogP contribution < -0.4 is 5.32 Å². The Hall–Kier alpha value is -3.55. The Morgan fingerprint density at radius 1 is 1.13 bits per heavy atom. The van der Waals surface area contributed by atoms with Gasteiger partial charge in [0.2, 0.25) is 11.8 Å². The molecule has 0 bridgehead atoms. The monoisotopic (exact) mass is 404 g/mol. The van der Waals surface area contributed by atoms with Crippen LogP contribution in [0.2, 0.25) is 0 Å². The molecule has 1 aliphatic rings. The van der Waals surface area contributed by atoms with Crippen molar-refractivity contribution in [2.45, 2.75) is 26.3 Å². The summed E-state index contributed by atoms with van der Waals surface area (Å²) in [6, 6.07) is 16.1. The van der Waals surface area contributed by atoms with E-state index in [2.05, 4.69) is 46.0 Å². The number of piperidine rings is 1. The summed E-state index contributed by atoms with van der Waals surface area (Å²) in [4.78, 5) is 27.1. The van der Waals surface area contributed by atoms with Gasteiger partial charge in [0.25, 0.3) is 0 Å². The van der Waals surface area contributed by atoms with E-state index in [9.17, 15) is 9.59 Å². The summed E-state index contributed by atoms with van der Waals surface area (Å²) < 4.78 is 1.39. The van der Waals surface area contributed by atoms with Crippen molar-refractivity contribution in [3.05, 3.63) is 60.4 Å². The van der Waals surface area contributed by atoms with E-state index >= 15 is 0 Å². The minimum Gasteiger partial charge on any atom is -0.340 e. The molecule has 1 aliphatic heterocycles. The van der Waals surface area contributed by atoms with Crippen molar-refractivity contribution >= 4 is 17.5 Å². The molecular formula is C22H24N6O2. The van der Waals surface area contributed by atoms with Gasteiger partial charge in [0.05, 0.1) is 5.92 Å². The number of rotatable bonds is 5. The van der Waals surface area contributed by atoms with Gasteiger partial charge in [0, 0.05) is 18.8 Å². The van der Waals surface area contributed by atoms with Gasteiger partial charge in [0.15, 0.2) is 0 Å². The molecule has 0 radical (unpaired) electrons. The molecule has 0 spiro atoms. The van der Waals surface area contributed by atoms with Crippen LogP contribution in [0, 0.1) is 12.8 Å². The van der Waals surface area contributed by atoms with Crippen molar-refractivity contribution in [2.75, 3.05) is 18.4 Å². The molecule has 0 saturated carbocycles. The number of aryl methyl sites for hydroxylation is 1. The highest BCUT2D eigenvalue weighted by Gasteiger charge is 2.28. The molecule has 30 heavy (non-hydrogen) atoms. The molecule has 2 amide bonds. The Balaban J connectivity index is 1.40. The summed E-state index contributed by atoms with van der Waals surface area (Å²) in [6.07, 6.45) is 2.97. The predicted octanol–water partition coefficient (Wildman–Crippen LogP) is 2.53. The molecule has 1 aromatic heterocycles. The minimum atomic E-state index is -0.237. The lowest BCUT2D eigenvalue weighted by Crippen LogP contribution is -2.45. The maximum absolute atomic E-state index is 12.9. The van der Waals surface area contributed by atoms with Crippen LogP contribution in [0.15, 0.2) is 54.9 Å². The Labute approximate surface area is 174 Å². The normalized spacial score (nSPS) is 16.3. The fourth-order valence-electron chi connectivity index (χ4n) is 3.75. The van der Waals surface area contributed by atoms with Crippen molar-refractivity contribution < 1.29 is 9.59 Å². The third-order valence-corrected chi connectivity index (χ3v) is 5.32. The van der Waals surface area contributed by atoms with Gasteiger partial charge >= 0.3 is 0 Å². The van der Waals surface area contributed by atoms with Gasteiger partial charge in [-0.2, -0.15) is 0 Å². The molecule has 0 unspecified atom stereocenters. The Morgan fingerprint density at radius 3 is 2.70 bits per heavy atom. The minimum absolute atomic E-state index is 0.0590. The zero-order valence-corrected chi connectivity index (χ0v) is 16.9. The molecule has 1 fully saturated rings. The molecule has 8 heteroatoms. The smallest absolute Gasteiger partial charge is 0.244 e. The van der Waals surface area contributed by atoms with Gasteiger partial charge in [-0.1, -0.05) is 42.0 Å². The van der Waals surface area contributed by atoms with Crippen molar-refractivity contribution in [3.8, 4) is 11.1 Å². The van der Waals surface area contributed by atoms with Crippen LogP contribution in [0.1, 0.15) is 18.4 Å². The number of carbonyl (C=O) groups excluding carboxylic acids is 2. The number of hydrogen-bond acceptors (Lipinski definition) is 5. The van der Waals surface area contributed by atoms with Gasteiger partial charge in [0.1, 0.15) is 12.9 Å². The third-order valence-electron chi connectivity index (χ3n) is 5.32. The number of amides is 2. The van der Waals surface area contributed by atoms with E-state index in [-0.39, 0.29) is 24.3 Å². The van der Waals surface area contributed by atoms with E-state index in [0.29, 0.717) is 13.1 Å². The van der Waals surface area contributed by atoms with Gasteiger partial charge in [-0.15, -0.1) is 5.10 Å². The van der Waals surface area contributed by atoms with Crippen LogP contribution in [-0.4, -0.2) is 50.0 Å². The lowest BCUT2D eigenvalue weighted by molar-refractivity contribution is -0.135. The molecule has 2 aromatic carbocycles. The number of tetrazole rings is 1. The highest BCUT2D eigenvalue weighted by Crippen LogP contribution is 2.25.